The van der Waals surface area contributed by atoms with Crippen LogP contribution in [-0.2, 0) is 7.05 Å². The minimum atomic E-state index is -0.294. The molecule has 2 aromatic heterocycles. The van der Waals surface area contributed by atoms with Crippen LogP contribution in [0.3, 0.4) is 0 Å². The Morgan fingerprint density at radius 3 is 2.32 bits per heavy atom. The lowest BCUT2D eigenvalue weighted by atomic mass is 9.93. The average molecular weight is 444 g/mol. The van der Waals surface area contributed by atoms with Gasteiger partial charge in [0.15, 0.2) is 5.82 Å². The van der Waals surface area contributed by atoms with Gasteiger partial charge in [0.1, 0.15) is 18.2 Å². The van der Waals surface area contributed by atoms with E-state index >= 15 is 0 Å². The Morgan fingerprint density at radius 2 is 1.53 bits per heavy atom. The monoisotopic (exact) mass is 443 g/mol. The second-order valence-corrected chi connectivity index (χ2v) is 8.58. The van der Waals surface area contributed by atoms with Gasteiger partial charge in [0.2, 0.25) is 11.9 Å². The zero-order chi connectivity index (χ0) is 23.4. The SMILES string of the molecule is Cc1ccc2c(oc3c(-c4cccc5ccccc45)c(C#N)ccc32)c1-c1ccc(F)c[n+]1C. The Kier molecular flexibility index (Phi) is 4.46. The number of fused-ring (bicyclic) bond motifs is 4. The Balaban J connectivity index is 1.76. The molecule has 0 saturated carbocycles. The number of benzene rings is 4. The van der Waals surface area contributed by atoms with Gasteiger partial charge in [-0.2, -0.15) is 9.83 Å². The molecule has 0 amide bonds. The third kappa shape index (κ3) is 2.91. The lowest BCUT2D eigenvalue weighted by Crippen LogP contribution is -2.31. The zero-order valence-corrected chi connectivity index (χ0v) is 18.8. The highest BCUT2D eigenvalue weighted by molar-refractivity contribution is 6.15. The van der Waals surface area contributed by atoms with E-state index in [0.717, 1.165) is 55.1 Å². The van der Waals surface area contributed by atoms with Gasteiger partial charge in [0.05, 0.1) is 17.2 Å². The van der Waals surface area contributed by atoms with Crippen molar-refractivity contribution in [3.05, 3.63) is 102 Å². The molecule has 6 aromatic rings. The average Bonchev–Trinajstić information content (AvgIpc) is 3.22. The maximum absolute atomic E-state index is 13.8. The number of hydrogen-bond acceptors (Lipinski definition) is 2. The van der Waals surface area contributed by atoms with Crippen molar-refractivity contribution in [2.24, 2.45) is 7.05 Å². The van der Waals surface area contributed by atoms with Gasteiger partial charge in [-0.25, -0.2) is 4.39 Å². The molecule has 0 atom stereocenters. The van der Waals surface area contributed by atoms with Crippen LogP contribution < -0.4 is 4.57 Å². The van der Waals surface area contributed by atoms with Crippen LogP contribution in [0, 0.1) is 24.1 Å². The number of aromatic nitrogens is 1. The van der Waals surface area contributed by atoms with Crippen LogP contribution in [-0.4, -0.2) is 0 Å². The Morgan fingerprint density at radius 1 is 0.794 bits per heavy atom. The standard InChI is InChI=1S/C30H20FN2O/c1-18-10-13-24-25-14-11-20(16-32)28(23-9-5-7-19-6-3-4-8-22(19)23)30(25)34-29(24)27(18)26-15-12-21(31)17-33(26)2/h3-15,17H,1-2H3/q+1. The van der Waals surface area contributed by atoms with Crippen LogP contribution in [0.25, 0.3) is 55.1 Å². The van der Waals surface area contributed by atoms with Gasteiger partial charge in [-0.15, -0.1) is 0 Å². The van der Waals surface area contributed by atoms with E-state index < -0.39 is 0 Å². The third-order valence-electron chi connectivity index (χ3n) is 6.55. The number of pyridine rings is 1. The largest absolute Gasteiger partial charge is 0.454 e. The van der Waals surface area contributed by atoms with E-state index in [1.165, 1.54) is 12.3 Å². The van der Waals surface area contributed by atoms with E-state index in [0.29, 0.717) is 11.1 Å². The first kappa shape index (κ1) is 20.1. The van der Waals surface area contributed by atoms with Crippen LogP contribution in [0.4, 0.5) is 4.39 Å². The first-order valence-corrected chi connectivity index (χ1v) is 11.1. The Labute approximate surface area is 195 Å². The van der Waals surface area contributed by atoms with E-state index in [1.807, 2.05) is 50.4 Å². The number of nitriles is 1. The fourth-order valence-electron chi connectivity index (χ4n) is 4.96. The first-order chi connectivity index (χ1) is 16.6. The summed E-state index contributed by atoms with van der Waals surface area (Å²) >= 11 is 0. The van der Waals surface area contributed by atoms with Gasteiger partial charge in [0.25, 0.3) is 0 Å². The van der Waals surface area contributed by atoms with Gasteiger partial charge in [-0.1, -0.05) is 54.6 Å². The molecule has 0 unspecified atom stereocenters. The Hall–Kier alpha value is -4.49. The summed E-state index contributed by atoms with van der Waals surface area (Å²) in [6.45, 7) is 2.03. The normalized spacial score (nSPS) is 11.4. The molecule has 0 aliphatic rings. The lowest BCUT2D eigenvalue weighted by molar-refractivity contribution is -0.661. The smallest absolute Gasteiger partial charge is 0.216 e. The van der Waals surface area contributed by atoms with Crippen molar-refractivity contribution in [2.45, 2.75) is 6.92 Å². The molecule has 6 rings (SSSR count). The van der Waals surface area contributed by atoms with Crippen LogP contribution in [0.15, 0.2) is 89.5 Å². The zero-order valence-electron chi connectivity index (χ0n) is 18.8. The molecule has 0 N–H and O–H groups in total. The van der Waals surface area contributed by atoms with Gasteiger partial charge < -0.3 is 4.42 Å². The minimum Gasteiger partial charge on any atom is -0.454 e. The van der Waals surface area contributed by atoms with Gasteiger partial charge >= 0.3 is 0 Å². The second-order valence-electron chi connectivity index (χ2n) is 8.58. The van der Waals surface area contributed by atoms with Crippen molar-refractivity contribution in [3.63, 3.8) is 0 Å². The summed E-state index contributed by atoms with van der Waals surface area (Å²) in [6, 6.07) is 27.8. The highest BCUT2D eigenvalue weighted by Crippen LogP contribution is 2.43. The van der Waals surface area contributed by atoms with Gasteiger partial charge in [0, 0.05) is 22.4 Å². The summed E-state index contributed by atoms with van der Waals surface area (Å²) < 4.78 is 22.2. The summed E-state index contributed by atoms with van der Waals surface area (Å²) in [7, 11) is 1.83. The number of furan rings is 1. The molecule has 162 valence electrons. The summed E-state index contributed by atoms with van der Waals surface area (Å²) in [4.78, 5) is 0. The molecular weight excluding hydrogens is 423 g/mol. The van der Waals surface area contributed by atoms with Crippen LogP contribution in [0.2, 0.25) is 0 Å². The van der Waals surface area contributed by atoms with E-state index in [4.69, 9.17) is 4.42 Å². The number of nitrogens with zero attached hydrogens (tertiary/aromatic N) is 2. The maximum Gasteiger partial charge on any atom is 0.216 e. The molecule has 4 aromatic carbocycles. The molecular formula is C30H20FN2O+. The number of halogens is 1. The van der Waals surface area contributed by atoms with Crippen molar-refractivity contribution >= 4 is 32.7 Å². The number of aryl methyl sites for hydroxylation is 2. The molecule has 3 nitrogen and oxygen atoms in total. The molecule has 34 heavy (non-hydrogen) atoms. The summed E-state index contributed by atoms with van der Waals surface area (Å²) in [5.41, 5.74) is 6.53. The fourth-order valence-corrected chi connectivity index (χ4v) is 4.96. The van der Waals surface area contributed by atoms with Crippen molar-refractivity contribution < 1.29 is 13.4 Å². The van der Waals surface area contributed by atoms with E-state index in [-0.39, 0.29) is 5.82 Å². The summed E-state index contributed by atoms with van der Waals surface area (Å²) in [6.07, 6.45) is 1.46. The second kappa shape index (κ2) is 7.54. The van der Waals surface area contributed by atoms with E-state index in [1.54, 1.807) is 10.6 Å². The third-order valence-corrected chi connectivity index (χ3v) is 6.55. The molecule has 0 aliphatic carbocycles. The van der Waals surface area contributed by atoms with Gasteiger partial charge in [-0.3, -0.25) is 0 Å². The Bertz CT molecular complexity index is 1800. The van der Waals surface area contributed by atoms with Crippen molar-refractivity contribution in [1.29, 1.82) is 5.26 Å². The highest BCUT2D eigenvalue weighted by atomic mass is 19.1. The highest BCUT2D eigenvalue weighted by Gasteiger charge is 2.23. The molecule has 0 spiro atoms. The molecule has 0 saturated heterocycles. The molecule has 2 heterocycles. The predicted octanol–water partition coefficient (Wildman–Crippen LogP) is 7.22. The van der Waals surface area contributed by atoms with E-state index in [9.17, 15) is 9.65 Å². The predicted molar refractivity (Wildman–Crippen MR) is 133 cm³/mol. The van der Waals surface area contributed by atoms with Gasteiger partial charge in [-0.05, 0) is 47.0 Å². The molecule has 0 radical (unpaired) electrons. The molecule has 0 aliphatic heterocycles. The number of hydrogen-bond donors (Lipinski definition) is 0. The van der Waals surface area contributed by atoms with Crippen molar-refractivity contribution in [2.75, 3.05) is 0 Å². The molecule has 0 bridgehead atoms. The van der Waals surface area contributed by atoms with Crippen LogP contribution in [0.5, 0.6) is 0 Å². The topological polar surface area (TPSA) is 40.8 Å². The summed E-state index contributed by atoms with van der Waals surface area (Å²) in [5, 5.41) is 14.1. The molecule has 4 heteroatoms. The van der Waals surface area contributed by atoms with Crippen LogP contribution >= 0.6 is 0 Å². The maximum atomic E-state index is 13.8. The van der Waals surface area contributed by atoms with Crippen molar-refractivity contribution in [1.82, 2.24) is 0 Å². The molecule has 0 fully saturated rings. The first-order valence-electron chi connectivity index (χ1n) is 11.1. The summed E-state index contributed by atoms with van der Waals surface area (Å²) in [5.74, 6) is -0.294. The van der Waals surface area contributed by atoms with E-state index in [2.05, 4.69) is 36.4 Å². The van der Waals surface area contributed by atoms with Crippen LogP contribution in [0.1, 0.15) is 11.1 Å². The quantitative estimate of drug-likeness (QED) is 0.265. The number of rotatable bonds is 2. The fraction of sp³-hybridized carbons (Fsp3) is 0.0667. The lowest BCUT2D eigenvalue weighted by Gasteiger charge is -2.09. The van der Waals surface area contributed by atoms with Crippen molar-refractivity contribution in [3.8, 4) is 28.5 Å². The minimum absolute atomic E-state index is 0.294.